The van der Waals surface area contributed by atoms with E-state index < -0.39 is 17.7 Å². The van der Waals surface area contributed by atoms with E-state index in [1.165, 1.54) is 30.3 Å². The summed E-state index contributed by atoms with van der Waals surface area (Å²) in [5.74, 6) is -1.24. The van der Waals surface area contributed by atoms with E-state index in [0.29, 0.717) is 4.47 Å². The molecule has 0 amide bonds. The fourth-order valence-corrected chi connectivity index (χ4v) is 2.18. The van der Waals surface area contributed by atoms with E-state index in [0.717, 1.165) is 6.07 Å². The Bertz CT molecular complexity index is 538. The Morgan fingerprint density at radius 1 is 1.00 bits per heavy atom. The molecule has 0 spiro atoms. The summed E-state index contributed by atoms with van der Waals surface area (Å²) in [5, 5.41) is 10.3. The van der Waals surface area contributed by atoms with Gasteiger partial charge >= 0.3 is 0 Å². The number of aliphatic hydroxyl groups excluding tert-OH is 1. The van der Waals surface area contributed by atoms with Crippen LogP contribution in [0.3, 0.4) is 0 Å². The van der Waals surface area contributed by atoms with Crippen molar-refractivity contribution in [3.63, 3.8) is 0 Å². The van der Waals surface area contributed by atoms with Crippen LogP contribution in [0.15, 0.2) is 40.9 Å². The van der Waals surface area contributed by atoms with E-state index in [1.54, 1.807) is 0 Å². The second kappa shape index (κ2) is 5.34. The molecule has 0 radical (unpaired) electrons. The molecule has 1 N–H and O–H groups in total. The molecule has 0 aliphatic rings. The van der Waals surface area contributed by atoms with Crippen molar-refractivity contribution in [2.75, 3.05) is 0 Å². The average molecular weight is 334 g/mol. The predicted octanol–water partition coefficient (Wildman–Crippen LogP) is 4.46. The lowest BCUT2D eigenvalue weighted by Crippen LogP contribution is -2.05. The van der Waals surface area contributed by atoms with Gasteiger partial charge in [0.15, 0.2) is 0 Å². The molecule has 1 unspecified atom stereocenters. The van der Waals surface area contributed by atoms with E-state index in [2.05, 4.69) is 15.9 Å². The number of aliphatic hydroxyl groups is 1. The maximum Gasteiger partial charge on any atom is 0.129 e. The Morgan fingerprint density at radius 3 is 2.22 bits per heavy atom. The Hall–Kier alpha value is -0.970. The zero-order valence-electron chi connectivity index (χ0n) is 9.00. The molecule has 2 rings (SSSR count). The molecule has 0 saturated heterocycles. The number of halogens is 4. The van der Waals surface area contributed by atoms with Gasteiger partial charge in [-0.2, -0.15) is 0 Å². The highest BCUT2D eigenvalue weighted by Crippen LogP contribution is 2.30. The zero-order chi connectivity index (χ0) is 13.3. The van der Waals surface area contributed by atoms with Crippen molar-refractivity contribution in [2.45, 2.75) is 6.10 Å². The monoisotopic (exact) mass is 332 g/mol. The molecule has 18 heavy (non-hydrogen) atoms. The predicted molar refractivity (Wildman–Crippen MR) is 69.6 cm³/mol. The molecule has 0 aromatic heterocycles. The number of rotatable bonds is 2. The molecule has 0 fully saturated rings. The highest BCUT2D eigenvalue weighted by atomic mass is 79.9. The lowest BCUT2D eigenvalue weighted by molar-refractivity contribution is 0.209. The van der Waals surface area contributed by atoms with Crippen LogP contribution in [0.5, 0.6) is 0 Å². The second-order valence-corrected chi connectivity index (χ2v) is 5.09. The van der Waals surface area contributed by atoms with Crippen LogP contribution < -0.4 is 0 Å². The van der Waals surface area contributed by atoms with Crippen molar-refractivity contribution in [2.24, 2.45) is 0 Å². The normalized spacial score (nSPS) is 12.5. The van der Waals surface area contributed by atoms with Crippen LogP contribution in [-0.2, 0) is 0 Å². The minimum absolute atomic E-state index is 0.00876. The lowest BCUT2D eigenvalue weighted by Gasteiger charge is -2.14. The molecule has 0 aliphatic heterocycles. The van der Waals surface area contributed by atoms with Crippen molar-refractivity contribution in [1.29, 1.82) is 0 Å². The van der Waals surface area contributed by atoms with Gasteiger partial charge in [0, 0.05) is 20.6 Å². The third-order valence-corrected chi connectivity index (χ3v) is 3.23. The number of benzene rings is 2. The Morgan fingerprint density at radius 2 is 1.56 bits per heavy atom. The van der Waals surface area contributed by atoms with Gasteiger partial charge in [0.1, 0.15) is 17.7 Å². The molecule has 94 valence electrons. The minimum Gasteiger partial charge on any atom is -0.383 e. The summed E-state index contributed by atoms with van der Waals surface area (Å²) < 4.78 is 27.8. The Balaban J connectivity index is 2.50. The van der Waals surface area contributed by atoms with Crippen molar-refractivity contribution in [3.8, 4) is 0 Å². The molecule has 0 heterocycles. The molecule has 0 bridgehead atoms. The number of hydrogen-bond acceptors (Lipinski definition) is 1. The first-order valence-electron chi connectivity index (χ1n) is 5.07. The molecule has 5 heteroatoms. The van der Waals surface area contributed by atoms with E-state index in [4.69, 9.17) is 11.6 Å². The second-order valence-electron chi connectivity index (χ2n) is 3.73. The fourth-order valence-electron chi connectivity index (χ4n) is 1.62. The van der Waals surface area contributed by atoms with E-state index in [1.807, 2.05) is 0 Å². The third kappa shape index (κ3) is 2.71. The van der Waals surface area contributed by atoms with Crippen molar-refractivity contribution in [1.82, 2.24) is 0 Å². The minimum atomic E-state index is -1.40. The summed E-state index contributed by atoms with van der Waals surface area (Å²) in [7, 11) is 0. The third-order valence-electron chi connectivity index (χ3n) is 2.51. The lowest BCUT2D eigenvalue weighted by atomic mass is 10.0. The van der Waals surface area contributed by atoms with Crippen molar-refractivity contribution >= 4 is 27.5 Å². The first-order valence-corrected chi connectivity index (χ1v) is 6.24. The topological polar surface area (TPSA) is 20.2 Å². The summed E-state index contributed by atoms with van der Waals surface area (Å²) in [6, 6.07) is 7.88. The molecular weight excluding hydrogens is 325 g/mol. The van der Waals surface area contributed by atoms with Gasteiger partial charge in [0.05, 0.1) is 0 Å². The first-order chi connectivity index (χ1) is 8.49. The van der Waals surface area contributed by atoms with Gasteiger partial charge in [-0.1, -0.05) is 27.5 Å². The van der Waals surface area contributed by atoms with Gasteiger partial charge in [0.25, 0.3) is 0 Å². The van der Waals surface area contributed by atoms with E-state index >= 15 is 0 Å². The molecule has 2 aromatic carbocycles. The van der Waals surface area contributed by atoms with Crippen LogP contribution in [0, 0.1) is 11.6 Å². The van der Waals surface area contributed by atoms with Crippen molar-refractivity contribution < 1.29 is 13.9 Å². The summed E-state index contributed by atoms with van der Waals surface area (Å²) in [6.07, 6.45) is -1.40. The maximum atomic E-state index is 13.6. The molecule has 0 saturated carbocycles. The molecule has 1 atom stereocenters. The standard InChI is InChI=1S/C13H8BrClF2O/c14-7-1-3-11(16)9(5-7)13(18)10-6-8(15)2-4-12(10)17/h1-6,13,18H. The van der Waals surface area contributed by atoms with Gasteiger partial charge in [-0.3, -0.25) is 0 Å². The van der Waals surface area contributed by atoms with Gasteiger partial charge < -0.3 is 5.11 Å². The highest BCUT2D eigenvalue weighted by Gasteiger charge is 2.19. The SMILES string of the molecule is OC(c1cc(Cl)ccc1F)c1cc(Br)ccc1F. The van der Waals surface area contributed by atoms with E-state index in [-0.39, 0.29) is 16.1 Å². The van der Waals surface area contributed by atoms with Crippen LogP contribution in [-0.4, -0.2) is 5.11 Å². The summed E-state index contributed by atoms with van der Waals surface area (Å²) >= 11 is 8.91. The molecule has 0 aliphatic carbocycles. The van der Waals surface area contributed by atoms with Crippen LogP contribution in [0.2, 0.25) is 5.02 Å². The number of hydrogen-bond donors (Lipinski definition) is 1. The van der Waals surface area contributed by atoms with Crippen molar-refractivity contribution in [3.05, 3.63) is 68.7 Å². The van der Waals surface area contributed by atoms with Gasteiger partial charge in [-0.05, 0) is 36.4 Å². The Kier molecular flexibility index (Phi) is 4.00. The largest absolute Gasteiger partial charge is 0.383 e. The van der Waals surface area contributed by atoms with Crippen LogP contribution >= 0.6 is 27.5 Å². The summed E-state index contributed by atoms with van der Waals surface area (Å²) in [6.45, 7) is 0. The van der Waals surface area contributed by atoms with Crippen LogP contribution in [0.1, 0.15) is 17.2 Å². The summed E-state index contributed by atoms with van der Waals surface area (Å²) in [5.41, 5.74) is -0.0648. The first kappa shape index (κ1) is 13.5. The van der Waals surface area contributed by atoms with Gasteiger partial charge in [-0.25, -0.2) is 8.78 Å². The van der Waals surface area contributed by atoms with Gasteiger partial charge in [0.2, 0.25) is 0 Å². The molecular formula is C13H8BrClF2O. The van der Waals surface area contributed by atoms with Gasteiger partial charge in [-0.15, -0.1) is 0 Å². The Labute approximate surface area is 116 Å². The summed E-state index contributed by atoms with van der Waals surface area (Å²) in [4.78, 5) is 0. The quantitative estimate of drug-likeness (QED) is 0.860. The smallest absolute Gasteiger partial charge is 0.129 e. The average Bonchev–Trinajstić information content (AvgIpc) is 2.34. The molecule has 2 aromatic rings. The molecule has 1 nitrogen and oxygen atoms in total. The van der Waals surface area contributed by atoms with Crippen LogP contribution in [0.4, 0.5) is 8.78 Å². The maximum absolute atomic E-state index is 13.6. The highest BCUT2D eigenvalue weighted by molar-refractivity contribution is 9.10. The van der Waals surface area contributed by atoms with E-state index in [9.17, 15) is 13.9 Å². The zero-order valence-corrected chi connectivity index (χ0v) is 11.3. The van der Waals surface area contributed by atoms with Crippen LogP contribution in [0.25, 0.3) is 0 Å². The fraction of sp³-hybridized carbons (Fsp3) is 0.0769.